The van der Waals surface area contributed by atoms with Gasteiger partial charge >= 0.3 is 0 Å². The second-order valence-corrected chi connectivity index (χ2v) is 12.8. The molecule has 4 rings (SSSR count). The van der Waals surface area contributed by atoms with Gasteiger partial charge in [0.25, 0.3) is 0 Å². The highest BCUT2D eigenvalue weighted by atomic mass is 32.1. The number of hydrogen-bond acceptors (Lipinski definition) is 3. The molecule has 0 aliphatic heterocycles. The van der Waals surface area contributed by atoms with Gasteiger partial charge in [0.05, 0.1) is 21.3 Å². The van der Waals surface area contributed by atoms with E-state index in [2.05, 4.69) is 83.1 Å². The molecule has 3 heteroatoms. The number of hydrogen-bond donors (Lipinski definition) is 1. The second kappa shape index (κ2) is 11.5. The zero-order chi connectivity index (χ0) is 26.0. The summed E-state index contributed by atoms with van der Waals surface area (Å²) >= 11 is 1.73. The molecular formula is C33H45NOS. The normalized spacial score (nSPS) is 26.9. The van der Waals surface area contributed by atoms with Gasteiger partial charge in [-0.3, -0.25) is 0 Å². The Balaban J connectivity index is 1.54. The van der Waals surface area contributed by atoms with Gasteiger partial charge in [-0.2, -0.15) is 0 Å². The maximum atomic E-state index is 9.89. The van der Waals surface area contributed by atoms with E-state index < -0.39 is 0 Å². The molecule has 3 aliphatic carbocycles. The summed E-state index contributed by atoms with van der Waals surface area (Å²) in [7, 11) is 0. The van der Waals surface area contributed by atoms with Crippen molar-refractivity contribution in [3.8, 4) is 0 Å². The third kappa shape index (κ3) is 6.22. The summed E-state index contributed by atoms with van der Waals surface area (Å²) in [6.45, 7) is 19.3. The van der Waals surface area contributed by atoms with Crippen molar-refractivity contribution in [2.24, 2.45) is 35.5 Å². The first-order valence-corrected chi connectivity index (χ1v) is 14.7. The molecule has 5 unspecified atom stereocenters. The van der Waals surface area contributed by atoms with E-state index in [1.54, 1.807) is 11.3 Å². The summed E-state index contributed by atoms with van der Waals surface area (Å²) in [5, 5.41) is 11.0. The van der Waals surface area contributed by atoms with Crippen LogP contribution in [0.25, 0.3) is 5.57 Å². The minimum Gasteiger partial charge on any atom is -0.513 e. The molecule has 2 nitrogen and oxygen atoms in total. The highest BCUT2D eigenvalue weighted by Crippen LogP contribution is 2.49. The first-order chi connectivity index (χ1) is 17.2. The molecule has 5 atom stereocenters. The number of aryl methyl sites for hydroxylation is 2. The highest BCUT2D eigenvalue weighted by molar-refractivity contribution is 7.12. The van der Waals surface area contributed by atoms with Crippen molar-refractivity contribution < 1.29 is 5.11 Å². The van der Waals surface area contributed by atoms with Gasteiger partial charge in [-0.15, -0.1) is 11.3 Å². The van der Waals surface area contributed by atoms with E-state index in [1.807, 2.05) is 0 Å². The van der Waals surface area contributed by atoms with Crippen LogP contribution < -0.4 is 0 Å². The molecule has 3 aliphatic rings. The minimum atomic E-state index is 0.277. The van der Waals surface area contributed by atoms with Crippen LogP contribution in [0.5, 0.6) is 0 Å². The fourth-order valence-corrected chi connectivity index (χ4v) is 7.40. The van der Waals surface area contributed by atoms with E-state index in [1.165, 1.54) is 53.7 Å². The van der Waals surface area contributed by atoms with Crippen LogP contribution in [-0.4, -0.2) is 10.1 Å². The second-order valence-electron chi connectivity index (χ2n) is 11.6. The topological polar surface area (TPSA) is 33.1 Å². The Hall–Kier alpha value is -2.13. The van der Waals surface area contributed by atoms with Crippen molar-refractivity contribution in [1.82, 2.24) is 4.98 Å². The molecule has 0 radical (unpaired) electrons. The van der Waals surface area contributed by atoms with Gasteiger partial charge in [0.1, 0.15) is 0 Å². The van der Waals surface area contributed by atoms with Crippen LogP contribution in [0.1, 0.15) is 81.3 Å². The first-order valence-electron chi connectivity index (χ1n) is 13.9. The molecule has 0 saturated heterocycles. The van der Waals surface area contributed by atoms with E-state index in [9.17, 15) is 5.11 Å². The van der Waals surface area contributed by atoms with E-state index in [0.29, 0.717) is 29.4 Å². The Labute approximate surface area is 223 Å². The van der Waals surface area contributed by atoms with E-state index in [0.717, 1.165) is 35.0 Å². The molecule has 0 bridgehead atoms. The Morgan fingerprint density at radius 3 is 2.47 bits per heavy atom. The molecular weight excluding hydrogens is 458 g/mol. The van der Waals surface area contributed by atoms with Gasteiger partial charge in [0.2, 0.25) is 0 Å². The van der Waals surface area contributed by atoms with Crippen LogP contribution in [0.3, 0.4) is 0 Å². The van der Waals surface area contributed by atoms with Crippen LogP contribution in [0.2, 0.25) is 0 Å². The molecule has 2 saturated carbocycles. The molecule has 36 heavy (non-hydrogen) atoms. The number of thiazole rings is 1. The van der Waals surface area contributed by atoms with Crippen LogP contribution in [0.4, 0.5) is 0 Å². The predicted octanol–water partition coefficient (Wildman–Crippen LogP) is 9.71. The lowest BCUT2D eigenvalue weighted by Gasteiger charge is -2.37. The molecule has 1 N–H and O–H groups in total. The predicted molar refractivity (Wildman–Crippen MR) is 156 cm³/mol. The number of rotatable bonds is 9. The molecule has 1 aromatic heterocycles. The smallest absolute Gasteiger partial charge is 0.0903 e. The molecule has 2 fully saturated rings. The third-order valence-corrected chi connectivity index (χ3v) is 10.1. The van der Waals surface area contributed by atoms with Gasteiger partial charge in [-0.25, -0.2) is 4.98 Å². The largest absolute Gasteiger partial charge is 0.513 e. The van der Waals surface area contributed by atoms with Gasteiger partial charge < -0.3 is 5.11 Å². The summed E-state index contributed by atoms with van der Waals surface area (Å²) in [5.74, 6) is 3.62. The van der Waals surface area contributed by atoms with Crippen LogP contribution in [0.15, 0.2) is 66.0 Å². The molecule has 0 aromatic carbocycles. The average molecular weight is 504 g/mol. The van der Waals surface area contributed by atoms with Crippen molar-refractivity contribution in [1.29, 1.82) is 0 Å². The maximum absolute atomic E-state index is 9.89. The van der Waals surface area contributed by atoms with Gasteiger partial charge in [-0.1, -0.05) is 75.3 Å². The monoisotopic (exact) mass is 503 g/mol. The fraction of sp³-hybridized carbons (Fsp3) is 0.545. The highest BCUT2D eigenvalue weighted by Gasteiger charge is 2.41. The number of aromatic nitrogens is 1. The number of aliphatic hydroxyl groups excluding tert-OH is 1. The van der Waals surface area contributed by atoms with Gasteiger partial charge in [0.15, 0.2) is 0 Å². The number of aliphatic hydroxyl groups is 1. The SMILES string of the molecule is C=C(/C=C\C1=CC(C(C)C(/C=C(\C)C2CC2C(=C)O)C2CCCCC2)CC=C1C)c1sc(C)nc1C. The summed E-state index contributed by atoms with van der Waals surface area (Å²) in [6.07, 6.45) is 21.0. The Morgan fingerprint density at radius 2 is 1.86 bits per heavy atom. The minimum absolute atomic E-state index is 0.277. The van der Waals surface area contributed by atoms with Crippen molar-refractivity contribution >= 4 is 16.9 Å². The Bertz CT molecular complexity index is 1110. The van der Waals surface area contributed by atoms with Crippen molar-refractivity contribution in [3.63, 3.8) is 0 Å². The van der Waals surface area contributed by atoms with Crippen molar-refractivity contribution in [2.75, 3.05) is 0 Å². The summed E-state index contributed by atoms with van der Waals surface area (Å²) in [6, 6.07) is 0. The quantitative estimate of drug-likeness (QED) is 0.207. The van der Waals surface area contributed by atoms with Gasteiger partial charge in [0, 0.05) is 5.92 Å². The maximum Gasteiger partial charge on any atom is 0.0903 e. The molecule has 0 spiro atoms. The Kier molecular flexibility index (Phi) is 8.60. The molecule has 1 aromatic rings. The van der Waals surface area contributed by atoms with Crippen LogP contribution in [0, 0.1) is 49.4 Å². The van der Waals surface area contributed by atoms with E-state index in [-0.39, 0.29) is 5.92 Å². The number of allylic oxidation sites excluding steroid dienone is 10. The van der Waals surface area contributed by atoms with Crippen molar-refractivity contribution in [3.05, 3.63) is 81.6 Å². The first kappa shape index (κ1) is 26.9. The van der Waals surface area contributed by atoms with Crippen LogP contribution >= 0.6 is 11.3 Å². The Morgan fingerprint density at radius 1 is 1.14 bits per heavy atom. The molecule has 1 heterocycles. The molecule has 0 amide bonds. The summed E-state index contributed by atoms with van der Waals surface area (Å²) < 4.78 is 0. The average Bonchev–Trinajstić information content (AvgIpc) is 3.60. The lowest BCUT2D eigenvalue weighted by Crippen LogP contribution is -2.28. The standard InChI is InChI=1S/C33H45NOS/c1-20-13-16-29(18-28(20)15-14-21(2)33-24(5)34-26(7)36-33)23(4)31(27-11-9-8-10-12-27)17-22(3)30-19-32(30)25(6)35/h13-15,17-18,23,27,29-32,35H,2,6,8-12,16,19H2,1,3-5,7H3/b15-14-,22-17+. The third-order valence-electron chi connectivity index (χ3n) is 8.94. The molecule has 194 valence electrons. The zero-order valence-electron chi connectivity index (χ0n) is 23.0. The lowest BCUT2D eigenvalue weighted by atomic mass is 9.68. The summed E-state index contributed by atoms with van der Waals surface area (Å²) in [4.78, 5) is 5.76. The lowest BCUT2D eigenvalue weighted by molar-refractivity contribution is 0.196. The van der Waals surface area contributed by atoms with Gasteiger partial charge in [-0.05, 0) is 99.7 Å². The number of nitrogens with zero attached hydrogens (tertiary/aromatic N) is 1. The van der Waals surface area contributed by atoms with E-state index in [4.69, 9.17) is 0 Å². The summed E-state index contributed by atoms with van der Waals surface area (Å²) in [5.41, 5.74) is 6.28. The van der Waals surface area contributed by atoms with E-state index >= 15 is 0 Å². The fourth-order valence-electron chi connectivity index (χ4n) is 6.52. The van der Waals surface area contributed by atoms with Crippen LogP contribution in [-0.2, 0) is 0 Å². The zero-order valence-corrected chi connectivity index (χ0v) is 23.8. The van der Waals surface area contributed by atoms with Crippen molar-refractivity contribution in [2.45, 2.75) is 79.6 Å².